The minimum atomic E-state index is 0.186. The molecule has 1 saturated heterocycles. The molecule has 1 aliphatic heterocycles. The van der Waals surface area contributed by atoms with Crippen LogP contribution >= 0.6 is 11.6 Å². The third kappa shape index (κ3) is 2.48. The van der Waals surface area contributed by atoms with E-state index in [1.165, 1.54) is 0 Å². The SMILES string of the molecule is O=C1CC(CCl)CN1Cc1ccccn1. The molecular formula is C11H13ClN2O. The van der Waals surface area contributed by atoms with Crippen molar-refractivity contribution in [3.63, 3.8) is 0 Å². The zero-order chi connectivity index (χ0) is 10.7. The van der Waals surface area contributed by atoms with Crippen LogP contribution in [0.5, 0.6) is 0 Å². The zero-order valence-electron chi connectivity index (χ0n) is 8.40. The maximum Gasteiger partial charge on any atom is 0.223 e. The second-order valence-electron chi connectivity index (χ2n) is 3.82. The zero-order valence-corrected chi connectivity index (χ0v) is 9.15. The van der Waals surface area contributed by atoms with Gasteiger partial charge in [0.15, 0.2) is 0 Å². The van der Waals surface area contributed by atoms with Gasteiger partial charge in [0.1, 0.15) is 0 Å². The Labute approximate surface area is 94.1 Å². The summed E-state index contributed by atoms with van der Waals surface area (Å²) in [6.07, 6.45) is 2.32. The number of amides is 1. The number of hydrogen-bond acceptors (Lipinski definition) is 2. The first kappa shape index (κ1) is 10.4. The summed E-state index contributed by atoms with van der Waals surface area (Å²) in [7, 11) is 0. The summed E-state index contributed by atoms with van der Waals surface area (Å²) in [6, 6.07) is 5.74. The van der Waals surface area contributed by atoms with E-state index in [4.69, 9.17) is 11.6 Å². The normalized spacial score (nSPS) is 21.0. The fourth-order valence-corrected chi connectivity index (χ4v) is 2.00. The van der Waals surface area contributed by atoms with E-state index in [0.717, 1.165) is 12.2 Å². The lowest BCUT2D eigenvalue weighted by molar-refractivity contribution is -0.128. The lowest BCUT2D eigenvalue weighted by Crippen LogP contribution is -2.25. The Balaban J connectivity index is 1.99. The number of rotatable bonds is 3. The van der Waals surface area contributed by atoms with Crippen LogP contribution < -0.4 is 0 Å². The van der Waals surface area contributed by atoms with Gasteiger partial charge in [-0.1, -0.05) is 6.07 Å². The second kappa shape index (κ2) is 4.62. The lowest BCUT2D eigenvalue weighted by Gasteiger charge is -2.15. The van der Waals surface area contributed by atoms with Crippen molar-refractivity contribution in [2.75, 3.05) is 12.4 Å². The maximum atomic E-state index is 11.6. The van der Waals surface area contributed by atoms with Crippen molar-refractivity contribution in [3.8, 4) is 0 Å². The molecular weight excluding hydrogens is 212 g/mol. The fraction of sp³-hybridized carbons (Fsp3) is 0.455. The molecule has 15 heavy (non-hydrogen) atoms. The van der Waals surface area contributed by atoms with Gasteiger partial charge in [0.2, 0.25) is 5.91 Å². The monoisotopic (exact) mass is 224 g/mol. The Bertz CT molecular complexity index is 342. The highest BCUT2D eigenvalue weighted by Crippen LogP contribution is 2.20. The van der Waals surface area contributed by atoms with Gasteiger partial charge in [-0.3, -0.25) is 9.78 Å². The molecule has 0 spiro atoms. The predicted molar refractivity (Wildman–Crippen MR) is 58.5 cm³/mol. The Morgan fingerprint density at radius 2 is 2.40 bits per heavy atom. The standard InChI is InChI=1S/C11H13ClN2O/c12-6-9-5-11(15)14(7-9)8-10-3-1-2-4-13-10/h1-4,9H,5-8H2. The lowest BCUT2D eigenvalue weighted by atomic mass is 10.1. The molecule has 0 radical (unpaired) electrons. The van der Waals surface area contributed by atoms with Crippen LogP contribution in [0.3, 0.4) is 0 Å². The van der Waals surface area contributed by atoms with E-state index in [2.05, 4.69) is 4.98 Å². The molecule has 1 aliphatic rings. The molecule has 0 saturated carbocycles. The first-order valence-corrected chi connectivity index (χ1v) is 5.56. The number of hydrogen-bond donors (Lipinski definition) is 0. The van der Waals surface area contributed by atoms with Crippen LogP contribution in [0.15, 0.2) is 24.4 Å². The third-order valence-electron chi connectivity index (χ3n) is 2.59. The van der Waals surface area contributed by atoms with E-state index in [-0.39, 0.29) is 5.91 Å². The molecule has 0 N–H and O–H groups in total. The number of halogens is 1. The van der Waals surface area contributed by atoms with E-state index >= 15 is 0 Å². The smallest absolute Gasteiger partial charge is 0.223 e. The van der Waals surface area contributed by atoms with Crippen LogP contribution in [0.4, 0.5) is 0 Å². The average Bonchev–Trinajstić information content (AvgIpc) is 2.61. The molecule has 2 rings (SSSR count). The van der Waals surface area contributed by atoms with E-state index in [9.17, 15) is 4.79 Å². The minimum Gasteiger partial charge on any atom is -0.336 e. The van der Waals surface area contributed by atoms with Crippen molar-refractivity contribution in [2.45, 2.75) is 13.0 Å². The number of alkyl halides is 1. The van der Waals surface area contributed by atoms with E-state index in [1.54, 1.807) is 6.20 Å². The van der Waals surface area contributed by atoms with E-state index in [1.807, 2.05) is 23.1 Å². The fourth-order valence-electron chi connectivity index (χ4n) is 1.80. The van der Waals surface area contributed by atoms with Crippen molar-refractivity contribution in [1.82, 2.24) is 9.88 Å². The molecule has 80 valence electrons. The number of likely N-dealkylation sites (tertiary alicyclic amines) is 1. The molecule has 1 fully saturated rings. The van der Waals surface area contributed by atoms with Crippen molar-refractivity contribution in [2.24, 2.45) is 5.92 Å². The third-order valence-corrected chi connectivity index (χ3v) is 3.03. The number of carbonyl (C=O) groups is 1. The number of pyridine rings is 1. The van der Waals surface area contributed by atoms with Gasteiger partial charge in [-0.05, 0) is 18.1 Å². The van der Waals surface area contributed by atoms with Gasteiger partial charge >= 0.3 is 0 Å². The maximum absolute atomic E-state index is 11.6. The Hall–Kier alpha value is -1.09. The predicted octanol–water partition coefficient (Wildman–Crippen LogP) is 1.67. The van der Waals surface area contributed by atoms with E-state index < -0.39 is 0 Å². The van der Waals surface area contributed by atoms with Gasteiger partial charge in [0.05, 0.1) is 12.2 Å². The highest BCUT2D eigenvalue weighted by atomic mass is 35.5. The molecule has 1 amide bonds. The molecule has 3 nitrogen and oxygen atoms in total. The van der Waals surface area contributed by atoms with Crippen LogP contribution in [0.1, 0.15) is 12.1 Å². The van der Waals surface area contributed by atoms with Crippen LogP contribution in [0.25, 0.3) is 0 Å². The summed E-state index contributed by atoms with van der Waals surface area (Å²) < 4.78 is 0. The van der Waals surface area contributed by atoms with Gasteiger partial charge in [-0.2, -0.15) is 0 Å². The molecule has 2 heterocycles. The first-order valence-electron chi connectivity index (χ1n) is 5.03. The highest BCUT2D eigenvalue weighted by Gasteiger charge is 2.28. The minimum absolute atomic E-state index is 0.186. The van der Waals surface area contributed by atoms with Gasteiger partial charge < -0.3 is 4.90 Å². The largest absolute Gasteiger partial charge is 0.336 e. The van der Waals surface area contributed by atoms with Crippen LogP contribution in [0.2, 0.25) is 0 Å². The van der Waals surface area contributed by atoms with E-state index in [0.29, 0.717) is 24.8 Å². The summed E-state index contributed by atoms with van der Waals surface area (Å²) in [4.78, 5) is 17.6. The van der Waals surface area contributed by atoms with Gasteiger partial charge in [0.25, 0.3) is 0 Å². The molecule has 4 heteroatoms. The van der Waals surface area contributed by atoms with Crippen molar-refractivity contribution in [3.05, 3.63) is 30.1 Å². The molecule has 1 aromatic rings. The van der Waals surface area contributed by atoms with Crippen molar-refractivity contribution >= 4 is 17.5 Å². The summed E-state index contributed by atoms with van der Waals surface area (Å²) >= 11 is 5.75. The first-order chi connectivity index (χ1) is 7.29. The Morgan fingerprint density at radius 3 is 3.00 bits per heavy atom. The average molecular weight is 225 g/mol. The molecule has 0 aliphatic carbocycles. The number of nitrogens with zero attached hydrogens (tertiary/aromatic N) is 2. The number of carbonyl (C=O) groups excluding carboxylic acids is 1. The van der Waals surface area contributed by atoms with Gasteiger partial charge in [0, 0.05) is 25.0 Å². The summed E-state index contributed by atoms with van der Waals surface area (Å²) in [6.45, 7) is 1.37. The molecule has 1 aromatic heterocycles. The highest BCUT2D eigenvalue weighted by molar-refractivity contribution is 6.18. The van der Waals surface area contributed by atoms with Gasteiger partial charge in [-0.25, -0.2) is 0 Å². The molecule has 1 unspecified atom stereocenters. The second-order valence-corrected chi connectivity index (χ2v) is 4.13. The van der Waals surface area contributed by atoms with Crippen LogP contribution in [-0.4, -0.2) is 28.2 Å². The van der Waals surface area contributed by atoms with Gasteiger partial charge in [-0.15, -0.1) is 11.6 Å². The number of aromatic nitrogens is 1. The topological polar surface area (TPSA) is 33.2 Å². The Kier molecular flexibility index (Phi) is 3.21. The quantitative estimate of drug-likeness (QED) is 0.732. The summed E-state index contributed by atoms with van der Waals surface area (Å²) in [5, 5.41) is 0. The molecule has 0 bridgehead atoms. The molecule has 0 aromatic carbocycles. The van der Waals surface area contributed by atoms with Crippen molar-refractivity contribution < 1.29 is 4.79 Å². The van der Waals surface area contributed by atoms with Crippen molar-refractivity contribution in [1.29, 1.82) is 0 Å². The summed E-state index contributed by atoms with van der Waals surface area (Å²) in [5.74, 6) is 1.05. The molecule has 1 atom stereocenters. The van der Waals surface area contributed by atoms with Crippen LogP contribution in [-0.2, 0) is 11.3 Å². The van der Waals surface area contributed by atoms with Crippen LogP contribution in [0, 0.1) is 5.92 Å². The Morgan fingerprint density at radius 1 is 1.53 bits per heavy atom. The summed E-state index contributed by atoms with van der Waals surface area (Å²) in [5.41, 5.74) is 0.932.